The van der Waals surface area contributed by atoms with Gasteiger partial charge in [0.2, 0.25) is 11.8 Å². The quantitative estimate of drug-likeness (QED) is 0.195. The molecule has 0 saturated carbocycles. The third-order valence-electron chi connectivity index (χ3n) is 6.76. The standard InChI is InChI=1S/C32H36N2O7S/c1-21(36)34-26-13-15-28(16-14-26)42-20-27-17-29(24-9-7-23(19-35)8-10-24)41-32(40-27)25-11-5-22(6-12-25)18-33-30(37)3-2-4-31(38)39/h5-16,27,29,32,35H,2-4,17-20H2,1H3,(H,33,37)(H,34,36)(H,38,39)/t27-,29+,32+/m1/s1. The van der Waals surface area contributed by atoms with Crippen LogP contribution in [0.15, 0.2) is 77.7 Å². The Morgan fingerprint density at radius 3 is 2.19 bits per heavy atom. The molecule has 0 bridgehead atoms. The molecular formula is C32H36N2O7S. The molecular weight excluding hydrogens is 556 g/mol. The van der Waals surface area contributed by atoms with Crippen molar-refractivity contribution in [2.75, 3.05) is 11.1 Å². The van der Waals surface area contributed by atoms with Gasteiger partial charge in [-0.15, -0.1) is 11.8 Å². The van der Waals surface area contributed by atoms with Crippen LogP contribution in [-0.2, 0) is 37.0 Å². The smallest absolute Gasteiger partial charge is 0.303 e. The molecule has 3 aromatic rings. The van der Waals surface area contributed by atoms with Crippen LogP contribution in [0.1, 0.15) is 67.3 Å². The molecule has 1 heterocycles. The lowest BCUT2D eigenvalue weighted by Crippen LogP contribution is -2.31. The molecule has 9 nitrogen and oxygen atoms in total. The molecule has 10 heteroatoms. The second-order valence-corrected chi connectivity index (χ2v) is 11.2. The Morgan fingerprint density at radius 2 is 1.55 bits per heavy atom. The fraction of sp³-hybridized carbons (Fsp3) is 0.344. The molecule has 2 amide bonds. The first-order chi connectivity index (χ1) is 20.3. The largest absolute Gasteiger partial charge is 0.481 e. The third kappa shape index (κ3) is 9.70. The zero-order valence-corrected chi connectivity index (χ0v) is 24.3. The number of hydrogen-bond donors (Lipinski definition) is 4. The zero-order chi connectivity index (χ0) is 29.9. The summed E-state index contributed by atoms with van der Waals surface area (Å²) in [7, 11) is 0. The lowest BCUT2D eigenvalue weighted by atomic mass is 10.0. The Balaban J connectivity index is 1.40. The van der Waals surface area contributed by atoms with Crippen LogP contribution < -0.4 is 10.6 Å². The lowest BCUT2D eigenvalue weighted by Gasteiger charge is -2.36. The molecule has 0 aliphatic carbocycles. The summed E-state index contributed by atoms with van der Waals surface area (Å²) in [6, 6.07) is 23.1. The normalized spacial score (nSPS) is 18.3. The van der Waals surface area contributed by atoms with Crippen LogP contribution in [0.5, 0.6) is 0 Å². The minimum Gasteiger partial charge on any atom is -0.481 e. The number of carbonyl (C=O) groups is 3. The molecule has 222 valence electrons. The van der Waals surface area contributed by atoms with Gasteiger partial charge in [-0.1, -0.05) is 48.5 Å². The van der Waals surface area contributed by atoms with Gasteiger partial charge in [0.25, 0.3) is 0 Å². The first-order valence-electron chi connectivity index (χ1n) is 13.9. The number of anilines is 1. The van der Waals surface area contributed by atoms with E-state index in [1.54, 1.807) is 11.8 Å². The molecule has 3 aromatic carbocycles. The number of aliphatic hydroxyl groups is 1. The van der Waals surface area contributed by atoms with Gasteiger partial charge in [-0.25, -0.2) is 0 Å². The van der Waals surface area contributed by atoms with Crippen molar-refractivity contribution in [3.05, 3.63) is 95.1 Å². The number of benzene rings is 3. The van der Waals surface area contributed by atoms with Crippen molar-refractivity contribution in [2.24, 2.45) is 0 Å². The molecule has 1 aliphatic rings. The average molecular weight is 593 g/mol. The number of hydrogen-bond acceptors (Lipinski definition) is 7. The highest BCUT2D eigenvalue weighted by atomic mass is 32.2. The van der Waals surface area contributed by atoms with E-state index in [0.717, 1.165) is 32.8 Å². The highest BCUT2D eigenvalue weighted by Crippen LogP contribution is 2.39. The van der Waals surface area contributed by atoms with Gasteiger partial charge < -0.3 is 30.3 Å². The van der Waals surface area contributed by atoms with E-state index in [4.69, 9.17) is 14.6 Å². The summed E-state index contributed by atoms with van der Waals surface area (Å²) < 4.78 is 12.8. The summed E-state index contributed by atoms with van der Waals surface area (Å²) in [5, 5.41) is 23.8. The van der Waals surface area contributed by atoms with Crippen molar-refractivity contribution in [3.8, 4) is 0 Å². The van der Waals surface area contributed by atoms with Crippen molar-refractivity contribution >= 4 is 35.2 Å². The monoisotopic (exact) mass is 592 g/mol. The molecule has 0 spiro atoms. The topological polar surface area (TPSA) is 134 Å². The maximum absolute atomic E-state index is 12.0. The number of ether oxygens (including phenoxy) is 2. The van der Waals surface area contributed by atoms with Crippen molar-refractivity contribution in [1.82, 2.24) is 5.32 Å². The molecule has 42 heavy (non-hydrogen) atoms. The van der Waals surface area contributed by atoms with Gasteiger partial charge in [0, 0.05) is 54.6 Å². The van der Waals surface area contributed by atoms with Crippen LogP contribution in [0.25, 0.3) is 0 Å². The predicted molar refractivity (Wildman–Crippen MR) is 160 cm³/mol. The minimum atomic E-state index is -0.909. The predicted octanol–water partition coefficient (Wildman–Crippen LogP) is 5.35. The van der Waals surface area contributed by atoms with E-state index in [9.17, 15) is 19.5 Å². The van der Waals surface area contributed by atoms with E-state index in [0.29, 0.717) is 25.1 Å². The van der Waals surface area contributed by atoms with Crippen LogP contribution in [0.2, 0.25) is 0 Å². The van der Waals surface area contributed by atoms with Gasteiger partial charge in [-0.3, -0.25) is 14.4 Å². The Labute approximate surface area is 249 Å². The van der Waals surface area contributed by atoms with Crippen molar-refractivity contribution in [2.45, 2.75) is 69.2 Å². The van der Waals surface area contributed by atoms with Gasteiger partial charge in [0.05, 0.1) is 18.8 Å². The number of carboxylic acids is 1. The van der Waals surface area contributed by atoms with E-state index in [-0.39, 0.29) is 43.5 Å². The summed E-state index contributed by atoms with van der Waals surface area (Å²) in [6.45, 7) is 1.80. The molecule has 0 aromatic heterocycles. The summed E-state index contributed by atoms with van der Waals surface area (Å²) >= 11 is 1.67. The molecule has 4 rings (SSSR count). The van der Waals surface area contributed by atoms with E-state index >= 15 is 0 Å². The zero-order valence-electron chi connectivity index (χ0n) is 23.5. The molecule has 0 radical (unpaired) electrons. The van der Waals surface area contributed by atoms with Crippen LogP contribution in [0, 0.1) is 0 Å². The lowest BCUT2D eigenvalue weighted by molar-refractivity contribution is -0.245. The Kier molecular flexibility index (Phi) is 11.5. The van der Waals surface area contributed by atoms with Gasteiger partial charge in [0.1, 0.15) is 0 Å². The number of rotatable bonds is 13. The van der Waals surface area contributed by atoms with Gasteiger partial charge in [0.15, 0.2) is 6.29 Å². The highest BCUT2D eigenvalue weighted by Gasteiger charge is 2.32. The number of aliphatic hydroxyl groups excluding tert-OH is 1. The van der Waals surface area contributed by atoms with Gasteiger partial charge in [-0.2, -0.15) is 0 Å². The van der Waals surface area contributed by atoms with E-state index in [1.165, 1.54) is 6.92 Å². The maximum atomic E-state index is 12.0. The summed E-state index contributed by atoms with van der Waals surface area (Å²) in [6.07, 6.45) is 0.229. The number of amides is 2. The van der Waals surface area contributed by atoms with Crippen LogP contribution in [0.3, 0.4) is 0 Å². The molecule has 0 unspecified atom stereocenters. The first-order valence-corrected chi connectivity index (χ1v) is 14.9. The van der Waals surface area contributed by atoms with E-state index < -0.39 is 12.3 Å². The number of carboxylic acid groups (broad SMARTS) is 1. The van der Waals surface area contributed by atoms with E-state index in [2.05, 4.69) is 10.6 Å². The summed E-state index contributed by atoms with van der Waals surface area (Å²) in [5.74, 6) is -0.496. The highest BCUT2D eigenvalue weighted by molar-refractivity contribution is 7.99. The Bertz CT molecular complexity index is 1330. The number of nitrogens with one attached hydrogen (secondary N) is 2. The third-order valence-corrected chi connectivity index (χ3v) is 7.91. The second kappa shape index (κ2) is 15.5. The maximum Gasteiger partial charge on any atom is 0.303 e. The van der Waals surface area contributed by atoms with Crippen molar-refractivity contribution in [3.63, 3.8) is 0 Å². The second-order valence-electron chi connectivity index (χ2n) is 10.1. The Hall–Kier alpha value is -3.70. The fourth-order valence-electron chi connectivity index (χ4n) is 4.53. The molecule has 4 N–H and O–H groups in total. The fourth-order valence-corrected chi connectivity index (χ4v) is 5.45. The molecule has 3 atom stereocenters. The SMILES string of the molecule is CC(=O)Nc1ccc(SC[C@H]2C[C@@H](c3ccc(CO)cc3)O[C@@H](c3ccc(CNC(=O)CCCC(=O)O)cc3)O2)cc1. The van der Waals surface area contributed by atoms with Crippen molar-refractivity contribution < 1.29 is 34.1 Å². The number of aliphatic carboxylic acids is 1. The minimum absolute atomic E-state index is 0.0212. The van der Waals surface area contributed by atoms with Crippen LogP contribution in [0.4, 0.5) is 5.69 Å². The first kappa shape index (κ1) is 31.2. The van der Waals surface area contributed by atoms with Crippen molar-refractivity contribution in [1.29, 1.82) is 0 Å². The van der Waals surface area contributed by atoms with Crippen LogP contribution in [-0.4, -0.2) is 39.9 Å². The number of thioether (sulfide) groups is 1. The average Bonchev–Trinajstić information content (AvgIpc) is 2.99. The number of carbonyl (C=O) groups excluding carboxylic acids is 2. The molecule has 1 saturated heterocycles. The Morgan fingerprint density at radius 1 is 0.881 bits per heavy atom. The van der Waals surface area contributed by atoms with E-state index in [1.807, 2.05) is 72.8 Å². The van der Waals surface area contributed by atoms with Crippen LogP contribution >= 0.6 is 11.8 Å². The summed E-state index contributed by atoms with van der Waals surface area (Å²) in [5.41, 5.74) is 4.37. The summed E-state index contributed by atoms with van der Waals surface area (Å²) in [4.78, 5) is 35.0. The van der Waals surface area contributed by atoms with Gasteiger partial charge >= 0.3 is 5.97 Å². The molecule has 1 fully saturated rings. The molecule has 1 aliphatic heterocycles. The van der Waals surface area contributed by atoms with Gasteiger partial charge in [-0.05, 0) is 47.4 Å².